The summed E-state index contributed by atoms with van der Waals surface area (Å²) in [4.78, 5) is 50.1. The van der Waals surface area contributed by atoms with Gasteiger partial charge in [0.2, 0.25) is 5.91 Å². The number of aromatic amines is 1. The molecule has 38 heavy (non-hydrogen) atoms. The van der Waals surface area contributed by atoms with Gasteiger partial charge in [0.25, 0.3) is 0 Å². The van der Waals surface area contributed by atoms with Gasteiger partial charge in [-0.3, -0.25) is 19.6 Å². The van der Waals surface area contributed by atoms with Gasteiger partial charge in [0.1, 0.15) is 23.1 Å². The average molecular weight is 521 g/mol. The van der Waals surface area contributed by atoms with Crippen molar-refractivity contribution >= 4 is 28.4 Å². The number of para-hydroxylation sites is 1. The summed E-state index contributed by atoms with van der Waals surface area (Å²) in [6, 6.07) is 7.81. The Morgan fingerprint density at radius 1 is 1.18 bits per heavy atom. The Morgan fingerprint density at radius 3 is 2.68 bits per heavy atom. The second kappa shape index (κ2) is 7.99. The lowest BCUT2D eigenvalue weighted by Gasteiger charge is -2.48. The summed E-state index contributed by atoms with van der Waals surface area (Å²) >= 11 is 0. The van der Waals surface area contributed by atoms with Crippen LogP contribution < -0.4 is 5.32 Å². The zero-order valence-corrected chi connectivity index (χ0v) is 22.3. The van der Waals surface area contributed by atoms with Crippen molar-refractivity contribution in [3.63, 3.8) is 0 Å². The third-order valence-corrected chi connectivity index (χ3v) is 11.5. The minimum absolute atomic E-state index is 0.0578. The van der Waals surface area contributed by atoms with Gasteiger partial charge in [0.15, 0.2) is 0 Å². The largest absolute Gasteiger partial charge is 0.366 e. The molecule has 8 heteroatoms. The molecule has 202 valence electrons. The number of ketones is 2. The minimum atomic E-state index is -1.36. The lowest BCUT2D eigenvalue weighted by Crippen LogP contribution is -2.61. The number of hydrogen-bond acceptors (Lipinski definition) is 6. The van der Waals surface area contributed by atoms with E-state index in [1.165, 1.54) is 0 Å². The Hall–Kier alpha value is -2.55. The summed E-state index contributed by atoms with van der Waals surface area (Å²) in [5.74, 6) is -1.99. The first kappa shape index (κ1) is 24.5. The molecule has 5 fully saturated rings. The molecule has 3 saturated carbocycles. The topological polar surface area (TPSA) is 121 Å². The van der Waals surface area contributed by atoms with Crippen molar-refractivity contribution in [1.82, 2.24) is 10.3 Å². The number of rotatable bonds is 4. The number of hydrogen-bond donors (Lipinski definition) is 3. The van der Waals surface area contributed by atoms with Crippen molar-refractivity contribution in [3.05, 3.63) is 36.0 Å². The van der Waals surface area contributed by atoms with Crippen LogP contribution in [0.2, 0.25) is 0 Å². The maximum absolute atomic E-state index is 14.5. The van der Waals surface area contributed by atoms with Crippen molar-refractivity contribution < 1.29 is 29.3 Å². The van der Waals surface area contributed by atoms with Gasteiger partial charge in [-0.2, -0.15) is 0 Å². The normalized spacial score (nSPS) is 47.1. The standard InChI is InChI=1S/C30H36N2O6/c1-13-9-19-18(23(13)15(3)33)11-22(34)30-24(14(2)29(4)27(37-29)25(30)26(19)38-36)21(32-28(30)35)10-16-12-31-20-8-6-5-7-17(16)20/h5-8,12-14,18-19,21,23-27,31,36H,9-11H2,1-4H3,(H,32,35). The van der Waals surface area contributed by atoms with Crippen LogP contribution in [-0.4, -0.2) is 51.6 Å². The molecule has 12 atom stereocenters. The molecule has 1 amide bonds. The molecule has 12 unspecified atom stereocenters. The number of epoxide rings is 1. The van der Waals surface area contributed by atoms with Crippen LogP contribution in [0.5, 0.6) is 0 Å². The molecular formula is C30H36N2O6. The van der Waals surface area contributed by atoms with Crippen molar-refractivity contribution in [3.8, 4) is 0 Å². The summed E-state index contributed by atoms with van der Waals surface area (Å²) < 4.78 is 6.37. The van der Waals surface area contributed by atoms with Crippen LogP contribution in [0.25, 0.3) is 10.9 Å². The van der Waals surface area contributed by atoms with Crippen LogP contribution >= 0.6 is 0 Å². The van der Waals surface area contributed by atoms with Crippen molar-refractivity contribution in [2.45, 2.75) is 70.8 Å². The number of carbonyl (C=O) groups excluding carboxylic acids is 3. The molecule has 1 spiro atoms. The zero-order valence-electron chi connectivity index (χ0n) is 22.3. The first-order valence-corrected chi connectivity index (χ1v) is 14.0. The van der Waals surface area contributed by atoms with E-state index in [4.69, 9.17) is 9.62 Å². The van der Waals surface area contributed by atoms with Crippen LogP contribution in [0.15, 0.2) is 30.5 Å². The first-order valence-electron chi connectivity index (χ1n) is 14.0. The average Bonchev–Trinajstić information content (AvgIpc) is 3.14. The lowest BCUT2D eigenvalue weighted by atomic mass is 9.50. The number of carbonyl (C=O) groups is 3. The number of Topliss-reactive ketones (excluding diaryl/α,β-unsaturated/α-hetero) is 2. The Labute approximate surface area is 221 Å². The number of amides is 1. The number of nitrogens with one attached hydrogen (secondary N) is 2. The molecule has 3 aliphatic carbocycles. The summed E-state index contributed by atoms with van der Waals surface area (Å²) in [6.07, 6.45) is 2.27. The van der Waals surface area contributed by atoms with Gasteiger partial charge in [-0.05, 0) is 62.0 Å². The highest BCUT2D eigenvalue weighted by molar-refractivity contribution is 6.09. The highest BCUT2D eigenvalue weighted by Gasteiger charge is 2.82. The quantitative estimate of drug-likeness (QED) is 0.245. The Balaban J connectivity index is 1.36. The van der Waals surface area contributed by atoms with Crippen molar-refractivity contribution in [2.75, 3.05) is 0 Å². The summed E-state index contributed by atoms with van der Waals surface area (Å²) in [7, 11) is 0. The monoisotopic (exact) mass is 520 g/mol. The maximum atomic E-state index is 14.5. The first-order chi connectivity index (χ1) is 18.1. The molecule has 3 N–H and O–H groups in total. The molecule has 5 aliphatic rings. The molecule has 0 radical (unpaired) electrons. The summed E-state index contributed by atoms with van der Waals surface area (Å²) in [5.41, 5.74) is 0.253. The molecule has 2 saturated heterocycles. The molecule has 1 aromatic heterocycles. The van der Waals surface area contributed by atoms with Crippen LogP contribution in [0.4, 0.5) is 0 Å². The fourth-order valence-electron chi connectivity index (χ4n) is 9.83. The number of ether oxygens (including phenoxy) is 1. The molecule has 2 aromatic rings. The van der Waals surface area contributed by atoms with E-state index in [1.807, 2.05) is 31.3 Å². The lowest BCUT2D eigenvalue weighted by molar-refractivity contribution is -0.312. The van der Waals surface area contributed by atoms with E-state index in [0.717, 1.165) is 16.5 Å². The van der Waals surface area contributed by atoms with Crippen molar-refractivity contribution in [2.24, 2.45) is 46.8 Å². The fraction of sp³-hybridized carbons (Fsp3) is 0.633. The van der Waals surface area contributed by atoms with Gasteiger partial charge < -0.3 is 15.0 Å². The second-order valence-electron chi connectivity index (χ2n) is 12.9. The maximum Gasteiger partial charge on any atom is 0.234 e. The van der Waals surface area contributed by atoms with Gasteiger partial charge in [0.05, 0.1) is 11.7 Å². The third kappa shape index (κ3) is 2.89. The van der Waals surface area contributed by atoms with Crippen LogP contribution in [0.1, 0.15) is 46.1 Å². The van der Waals surface area contributed by atoms with Gasteiger partial charge in [-0.15, -0.1) is 0 Å². The molecule has 1 aromatic carbocycles. The highest BCUT2D eigenvalue weighted by atomic mass is 17.1. The van der Waals surface area contributed by atoms with Crippen molar-refractivity contribution in [1.29, 1.82) is 0 Å². The number of fused-ring (bicyclic) bond motifs is 4. The zero-order chi connectivity index (χ0) is 26.7. The molecule has 3 heterocycles. The summed E-state index contributed by atoms with van der Waals surface area (Å²) in [6.45, 7) is 7.79. The van der Waals surface area contributed by atoms with Gasteiger partial charge >= 0.3 is 0 Å². The molecule has 7 rings (SSSR count). The molecule has 0 bridgehead atoms. The van der Waals surface area contributed by atoms with E-state index in [1.54, 1.807) is 6.92 Å². The minimum Gasteiger partial charge on any atom is -0.366 e. The van der Waals surface area contributed by atoms with Gasteiger partial charge in [-0.25, -0.2) is 4.89 Å². The number of aromatic nitrogens is 1. The SMILES string of the molecule is CC(=O)C1C(C)CC2C1CC(=O)C13C(=O)NC(Cc4c[nH]c5ccccc45)C1C(C)C1(C)OC1C3C2OO. The van der Waals surface area contributed by atoms with Gasteiger partial charge in [-0.1, -0.05) is 32.0 Å². The molecule has 2 aliphatic heterocycles. The number of benzene rings is 1. The third-order valence-electron chi connectivity index (χ3n) is 11.5. The predicted molar refractivity (Wildman–Crippen MR) is 138 cm³/mol. The Kier molecular flexibility index (Phi) is 5.15. The van der Waals surface area contributed by atoms with Crippen LogP contribution in [0, 0.1) is 46.8 Å². The Bertz CT molecular complexity index is 1350. The van der Waals surface area contributed by atoms with E-state index in [-0.39, 0.29) is 71.5 Å². The van der Waals surface area contributed by atoms with E-state index in [0.29, 0.717) is 12.8 Å². The second-order valence-corrected chi connectivity index (χ2v) is 12.9. The van der Waals surface area contributed by atoms with E-state index in [9.17, 15) is 19.6 Å². The van der Waals surface area contributed by atoms with Crippen LogP contribution in [0.3, 0.4) is 0 Å². The van der Waals surface area contributed by atoms with Crippen LogP contribution in [-0.2, 0) is 30.4 Å². The van der Waals surface area contributed by atoms with Gasteiger partial charge in [0, 0.05) is 47.3 Å². The van der Waals surface area contributed by atoms with E-state index < -0.39 is 23.0 Å². The summed E-state index contributed by atoms with van der Waals surface area (Å²) in [5, 5.41) is 14.8. The number of H-pyrrole nitrogens is 1. The molecular weight excluding hydrogens is 484 g/mol. The Morgan fingerprint density at radius 2 is 1.95 bits per heavy atom. The van der Waals surface area contributed by atoms with E-state index >= 15 is 0 Å². The smallest absolute Gasteiger partial charge is 0.234 e. The molecule has 8 nitrogen and oxygen atoms in total. The highest BCUT2D eigenvalue weighted by Crippen LogP contribution is 2.69. The predicted octanol–water partition coefficient (Wildman–Crippen LogP) is 3.54. The fourth-order valence-corrected chi connectivity index (χ4v) is 9.83. The van der Waals surface area contributed by atoms with E-state index in [2.05, 4.69) is 30.2 Å².